The minimum atomic E-state index is 0.184. The van der Waals surface area contributed by atoms with Crippen LogP contribution < -0.4 is 10.5 Å². The number of rotatable bonds is 6. The third kappa shape index (κ3) is 4.22. The molecule has 23 heavy (non-hydrogen) atoms. The van der Waals surface area contributed by atoms with Crippen LogP contribution in [0.2, 0.25) is 0 Å². The fourth-order valence-corrected chi connectivity index (χ4v) is 4.02. The molecule has 0 unspecified atom stereocenters. The quantitative estimate of drug-likeness (QED) is 0.883. The average Bonchev–Trinajstić information content (AvgIpc) is 3.05. The van der Waals surface area contributed by atoms with E-state index in [1.807, 2.05) is 12.1 Å². The molecule has 0 bridgehead atoms. The summed E-state index contributed by atoms with van der Waals surface area (Å²) in [5.41, 5.74) is 9.05. The van der Waals surface area contributed by atoms with E-state index in [4.69, 9.17) is 10.5 Å². The summed E-state index contributed by atoms with van der Waals surface area (Å²) < 4.78 is 5.43. The van der Waals surface area contributed by atoms with Crippen LogP contribution in [0.3, 0.4) is 0 Å². The van der Waals surface area contributed by atoms with Crippen molar-refractivity contribution in [2.24, 2.45) is 5.73 Å². The lowest BCUT2D eigenvalue weighted by Gasteiger charge is -2.28. The van der Waals surface area contributed by atoms with Crippen molar-refractivity contribution in [2.75, 3.05) is 26.7 Å². The predicted molar refractivity (Wildman–Crippen MR) is 98.0 cm³/mol. The van der Waals surface area contributed by atoms with E-state index in [0.717, 1.165) is 38.2 Å². The van der Waals surface area contributed by atoms with E-state index < -0.39 is 0 Å². The second-order valence-electron chi connectivity index (χ2n) is 6.01. The number of thiophene rings is 1. The van der Waals surface area contributed by atoms with Gasteiger partial charge in [-0.3, -0.25) is 4.90 Å². The molecule has 0 radical (unpaired) electrons. The van der Waals surface area contributed by atoms with Gasteiger partial charge in [-0.2, -0.15) is 0 Å². The summed E-state index contributed by atoms with van der Waals surface area (Å²) in [6, 6.07) is 12.7. The molecule has 2 N–H and O–H groups in total. The van der Waals surface area contributed by atoms with Gasteiger partial charge in [0.2, 0.25) is 0 Å². The van der Waals surface area contributed by atoms with Crippen molar-refractivity contribution in [3.8, 4) is 5.75 Å². The highest BCUT2D eigenvalue weighted by molar-refractivity contribution is 7.11. The first-order valence-corrected chi connectivity index (χ1v) is 8.97. The van der Waals surface area contributed by atoms with Gasteiger partial charge in [0.25, 0.3) is 0 Å². The van der Waals surface area contributed by atoms with Gasteiger partial charge in [0.15, 0.2) is 0 Å². The van der Waals surface area contributed by atoms with E-state index in [1.165, 1.54) is 16.0 Å². The maximum atomic E-state index is 6.33. The fourth-order valence-electron chi connectivity index (χ4n) is 3.09. The van der Waals surface area contributed by atoms with Crippen LogP contribution in [0.15, 0.2) is 47.9 Å². The monoisotopic (exact) mass is 328 g/mol. The SMILES string of the molecule is COc1ccsc1C1=CCN(C[C@@H](N)Cc2ccccc2)CC1. The van der Waals surface area contributed by atoms with Crippen molar-refractivity contribution in [3.05, 3.63) is 58.3 Å². The normalized spacial score (nSPS) is 16.9. The Kier molecular flexibility index (Phi) is 5.49. The molecule has 1 aromatic carbocycles. The second kappa shape index (κ2) is 7.77. The first-order valence-electron chi connectivity index (χ1n) is 8.09. The predicted octanol–water partition coefficient (Wildman–Crippen LogP) is 3.42. The van der Waals surface area contributed by atoms with Crippen LogP contribution in [-0.2, 0) is 6.42 Å². The number of hydrogen-bond donors (Lipinski definition) is 1. The number of benzene rings is 1. The highest BCUT2D eigenvalue weighted by Gasteiger charge is 2.18. The molecule has 0 saturated carbocycles. The van der Waals surface area contributed by atoms with Gasteiger partial charge >= 0.3 is 0 Å². The van der Waals surface area contributed by atoms with Gasteiger partial charge < -0.3 is 10.5 Å². The molecule has 1 atom stereocenters. The van der Waals surface area contributed by atoms with E-state index >= 15 is 0 Å². The van der Waals surface area contributed by atoms with Crippen LogP contribution in [0.5, 0.6) is 5.75 Å². The zero-order chi connectivity index (χ0) is 16.1. The molecule has 2 aromatic rings. The molecule has 0 saturated heterocycles. The summed E-state index contributed by atoms with van der Waals surface area (Å²) in [6.07, 6.45) is 4.33. The van der Waals surface area contributed by atoms with Gasteiger partial charge in [0.1, 0.15) is 5.75 Å². The summed E-state index contributed by atoms with van der Waals surface area (Å²) in [6.45, 7) is 2.98. The van der Waals surface area contributed by atoms with Crippen molar-refractivity contribution >= 4 is 16.9 Å². The second-order valence-corrected chi connectivity index (χ2v) is 6.92. The molecule has 0 fully saturated rings. The lowest BCUT2D eigenvalue weighted by atomic mass is 10.0. The molecule has 3 nitrogen and oxygen atoms in total. The van der Waals surface area contributed by atoms with Gasteiger partial charge in [-0.1, -0.05) is 36.4 Å². The Labute approximate surface area is 142 Å². The molecule has 2 heterocycles. The van der Waals surface area contributed by atoms with Crippen molar-refractivity contribution in [2.45, 2.75) is 18.9 Å². The first kappa shape index (κ1) is 16.2. The third-order valence-electron chi connectivity index (χ3n) is 4.27. The molecule has 1 aliphatic heterocycles. The average molecular weight is 328 g/mol. The van der Waals surface area contributed by atoms with Gasteiger partial charge in [0, 0.05) is 25.7 Å². The van der Waals surface area contributed by atoms with E-state index in [-0.39, 0.29) is 6.04 Å². The maximum absolute atomic E-state index is 6.33. The molecule has 1 aliphatic rings. The Morgan fingerprint density at radius 3 is 2.78 bits per heavy atom. The molecular weight excluding hydrogens is 304 g/mol. The number of nitrogens with two attached hydrogens (primary N) is 1. The van der Waals surface area contributed by atoms with Gasteiger partial charge in [-0.15, -0.1) is 11.3 Å². The Hall–Kier alpha value is -1.62. The summed E-state index contributed by atoms with van der Waals surface area (Å²) in [5.74, 6) is 0.996. The standard InChI is InChI=1S/C19H24N2OS/c1-22-18-9-12-23-19(18)16-7-10-21(11-8-16)14-17(20)13-15-5-3-2-4-6-15/h2-7,9,12,17H,8,10-11,13-14,20H2,1H3/t17-/m0/s1. The minimum Gasteiger partial charge on any atom is -0.495 e. The maximum Gasteiger partial charge on any atom is 0.137 e. The molecule has 4 heteroatoms. The van der Waals surface area contributed by atoms with E-state index in [0.29, 0.717) is 0 Å². The molecule has 3 rings (SSSR count). The number of ether oxygens (including phenoxy) is 1. The Bertz CT molecular complexity index is 650. The van der Waals surface area contributed by atoms with Gasteiger partial charge in [0.05, 0.1) is 12.0 Å². The van der Waals surface area contributed by atoms with Crippen LogP contribution in [0.4, 0.5) is 0 Å². The summed E-state index contributed by atoms with van der Waals surface area (Å²) in [4.78, 5) is 3.72. The lowest BCUT2D eigenvalue weighted by Crippen LogP contribution is -2.40. The summed E-state index contributed by atoms with van der Waals surface area (Å²) in [7, 11) is 1.74. The smallest absolute Gasteiger partial charge is 0.137 e. The number of hydrogen-bond acceptors (Lipinski definition) is 4. The van der Waals surface area contributed by atoms with Crippen LogP contribution in [-0.4, -0.2) is 37.7 Å². The number of methoxy groups -OCH3 is 1. The topological polar surface area (TPSA) is 38.5 Å². The minimum absolute atomic E-state index is 0.184. The fraction of sp³-hybridized carbons (Fsp3) is 0.368. The van der Waals surface area contributed by atoms with E-state index in [9.17, 15) is 0 Å². The Morgan fingerprint density at radius 2 is 2.09 bits per heavy atom. The molecule has 0 amide bonds. The lowest BCUT2D eigenvalue weighted by molar-refractivity contribution is 0.281. The van der Waals surface area contributed by atoms with Crippen molar-refractivity contribution in [3.63, 3.8) is 0 Å². The first-order chi connectivity index (χ1) is 11.3. The molecular formula is C19H24N2OS. The zero-order valence-corrected chi connectivity index (χ0v) is 14.4. The van der Waals surface area contributed by atoms with E-state index in [1.54, 1.807) is 18.4 Å². The van der Waals surface area contributed by atoms with E-state index in [2.05, 4.69) is 40.6 Å². The summed E-state index contributed by atoms with van der Waals surface area (Å²) >= 11 is 1.76. The Morgan fingerprint density at radius 1 is 1.26 bits per heavy atom. The molecule has 0 spiro atoms. The van der Waals surface area contributed by atoms with Crippen molar-refractivity contribution in [1.82, 2.24) is 4.90 Å². The zero-order valence-electron chi connectivity index (χ0n) is 13.6. The highest BCUT2D eigenvalue weighted by atomic mass is 32.1. The van der Waals surface area contributed by atoms with Crippen molar-refractivity contribution in [1.29, 1.82) is 0 Å². The highest BCUT2D eigenvalue weighted by Crippen LogP contribution is 2.34. The van der Waals surface area contributed by atoms with Crippen LogP contribution in [0.25, 0.3) is 5.57 Å². The largest absolute Gasteiger partial charge is 0.495 e. The van der Waals surface area contributed by atoms with Crippen LogP contribution in [0.1, 0.15) is 16.9 Å². The third-order valence-corrected chi connectivity index (χ3v) is 5.24. The number of nitrogens with zero attached hydrogens (tertiary/aromatic N) is 1. The molecule has 1 aromatic heterocycles. The van der Waals surface area contributed by atoms with Crippen LogP contribution in [0, 0.1) is 0 Å². The Balaban J connectivity index is 1.54. The molecule has 0 aliphatic carbocycles. The van der Waals surface area contributed by atoms with Crippen molar-refractivity contribution < 1.29 is 4.74 Å². The van der Waals surface area contributed by atoms with Gasteiger partial charge in [-0.25, -0.2) is 0 Å². The summed E-state index contributed by atoms with van der Waals surface area (Å²) in [5, 5.41) is 2.09. The van der Waals surface area contributed by atoms with Gasteiger partial charge in [-0.05, 0) is 35.4 Å². The molecule has 122 valence electrons. The van der Waals surface area contributed by atoms with Crippen LogP contribution >= 0.6 is 11.3 Å².